The molecule has 0 bridgehead atoms. The number of aliphatic imine (C=N–C) groups is 1. The number of hydrogen-bond acceptors (Lipinski definition) is 3. The van der Waals surface area contributed by atoms with E-state index in [1.54, 1.807) is 38.4 Å². The second-order valence-electron chi connectivity index (χ2n) is 5.66. The number of benzene rings is 1. The van der Waals surface area contributed by atoms with Crippen LogP contribution in [0.3, 0.4) is 0 Å². The van der Waals surface area contributed by atoms with Gasteiger partial charge in [-0.05, 0) is 37.1 Å². The quantitative estimate of drug-likeness (QED) is 0.405. The molecule has 0 aliphatic carbocycles. The zero-order valence-corrected chi connectivity index (χ0v) is 14.6. The van der Waals surface area contributed by atoms with Gasteiger partial charge in [-0.1, -0.05) is 13.8 Å². The van der Waals surface area contributed by atoms with Gasteiger partial charge in [0.05, 0.1) is 7.11 Å². The lowest BCUT2D eigenvalue weighted by Gasteiger charge is -2.20. The molecule has 0 fully saturated rings. The van der Waals surface area contributed by atoms with E-state index in [0.717, 1.165) is 11.7 Å². The van der Waals surface area contributed by atoms with E-state index in [0.29, 0.717) is 30.6 Å². The van der Waals surface area contributed by atoms with Crippen molar-refractivity contribution in [2.45, 2.75) is 26.8 Å². The zero-order valence-electron chi connectivity index (χ0n) is 14.6. The van der Waals surface area contributed by atoms with Crippen molar-refractivity contribution in [2.24, 2.45) is 10.9 Å². The molecule has 0 spiro atoms. The highest BCUT2D eigenvalue weighted by atomic mass is 16.5. The van der Waals surface area contributed by atoms with Crippen molar-refractivity contribution in [3.8, 4) is 5.75 Å². The van der Waals surface area contributed by atoms with Gasteiger partial charge in [-0.3, -0.25) is 9.79 Å². The first kappa shape index (κ1) is 18.8. The molecule has 6 nitrogen and oxygen atoms in total. The molecule has 0 aliphatic rings. The van der Waals surface area contributed by atoms with Crippen molar-refractivity contribution >= 4 is 11.9 Å². The minimum Gasteiger partial charge on any atom is -0.497 e. The second kappa shape index (κ2) is 9.71. The van der Waals surface area contributed by atoms with Gasteiger partial charge in [0.25, 0.3) is 5.91 Å². The zero-order chi connectivity index (χ0) is 17.2. The van der Waals surface area contributed by atoms with E-state index in [2.05, 4.69) is 41.7 Å². The van der Waals surface area contributed by atoms with Crippen molar-refractivity contribution in [3.05, 3.63) is 29.8 Å². The van der Waals surface area contributed by atoms with Crippen LogP contribution in [-0.4, -0.2) is 45.2 Å². The molecule has 0 saturated carbocycles. The molecule has 0 radical (unpaired) electrons. The fourth-order valence-electron chi connectivity index (χ4n) is 1.78. The van der Waals surface area contributed by atoms with Gasteiger partial charge in [-0.25, -0.2) is 0 Å². The van der Waals surface area contributed by atoms with Gasteiger partial charge in [0.2, 0.25) is 0 Å². The normalized spacial score (nSPS) is 12.7. The van der Waals surface area contributed by atoms with Crippen LogP contribution in [0.15, 0.2) is 29.3 Å². The van der Waals surface area contributed by atoms with Crippen LogP contribution in [0.1, 0.15) is 31.1 Å². The molecular weight excluding hydrogens is 292 g/mol. The molecule has 1 unspecified atom stereocenters. The van der Waals surface area contributed by atoms with E-state index < -0.39 is 0 Å². The first-order valence-electron chi connectivity index (χ1n) is 7.87. The SMILES string of the molecule is CN=C(NCCNC(=O)c1ccc(OC)cc1)NC(C)C(C)C. The Kier molecular flexibility index (Phi) is 7.94. The summed E-state index contributed by atoms with van der Waals surface area (Å²) in [4.78, 5) is 16.2. The maximum absolute atomic E-state index is 12.0. The van der Waals surface area contributed by atoms with E-state index in [1.165, 1.54) is 0 Å². The fraction of sp³-hybridized carbons (Fsp3) is 0.529. The molecule has 0 heterocycles. The lowest BCUT2D eigenvalue weighted by Crippen LogP contribution is -2.46. The third-order valence-corrected chi connectivity index (χ3v) is 3.64. The standard InChI is InChI=1S/C17H28N4O2/c1-12(2)13(3)21-17(18-4)20-11-10-19-16(22)14-6-8-15(23-5)9-7-14/h6-9,12-13H,10-11H2,1-5H3,(H,19,22)(H2,18,20,21). The average Bonchev–Trinajstić information content (AvgIpc) is 2.57. The van der Waals surface area contributed by atoms with Crippen LogP contribution < -0.4 is 20.7 Å². The Labute approximate surface area is 138 Å². The van der Waals surface area contributed by atoms with Gasteiger partial charge >= 0.3 is 0 Å². The van der Waals surface area contributed by atoms with Crippen LogP contribution in [0, 0.1) is 5.92 Å². The summed E-state index contributed by atoms with van der Waals surface area (Å²) in [5, 5.41) is 9.36. The lowest BCUT2D eigenvalue weighted by molar-refractivity contribution is 0.0954. The molecule has 23 heavy (non-hydrogen) atoms. The van der Waals surface area contributed by atoms with Crippen molar-refractivity contribution in [3.63, 3.8) is 0 Å². The lowest BCUT2D eigenvalue weighted by atomic mass is 10.1. The predicted molar refractivity (Wildman–Crippen MR) is 94.1 cm³/mol. The molecule has 0 aromatic heterocycles. The summed E-state index contributed by atoms with van der Waals surface area (Å²) >= 11 is 0. The average molecular weight is 320 g/mol. The number of carbonyl (C=O) groups excluding carboxylic acids is 1. The summed E-state index contributed by atoms with van der Waals surface area (Å²) in [6.07, 6.45) is 0. The fourth-order valence-corrected chi connectivity index (χ4v) is 1.78. The summed E-state index contributed by atoms with van der Waals surface area (Å²) in [5.41, 5.74) is 0.613. The van der Waals surface area contributed by atoms with Crippen LogP contribution in [0.25, 0.3) is 0 Å². The van der Waals surface area contributed by atoms with E-state index >= 15 is 0 Å². The van der Waals surface area contributed by atoms with E-state index in [4.69, 9.17) is 4.74 Å². The largest absolute Gasteiger partial charge is 0.497 e. The molecule has 128 valence electrons. The van der Waals surface area contributed by atoms with Crippen molar-refractivity contribution in [1.29, 1.82) is 0 Å². The Bertz CT molecular complexity index is 512. The monoisotopic (exact) mass is 320 g/mol. The van der Waals surface area contributed by atoms with Gasteiger partial charge in [0.15, 0.2) is 5.96 Å². The van der Waals surface area contributed by atoms with Crippen LogP contribution in [0.5, 0.6) is 5.75 Å². The van der Waals surface area contributed by atoms with E-state index in [1.807, 2.05) is 0 Å². The number of methoxy groups -OCH3 is 1. The summed E-state index contributed by atoms with van der Waals surface area (Å²) in [6.45, 7) is 7.54. The summed E-state index contributed by atoms with van der Waals surface area (Å²) in [6, 6.07) is 7.35. The molecule has 1 rings (SSSR count). The molecule has 3 N–H and O–H groups in total. The van der Waals surface area contributed by atoms with Crippen LogP contribution in [0.2, 0.25) is 0 Å². The molecule has 1 amide bonds. The molecule has 0 aliphatic heterocycles. The number of guanidine groups is 1. The van der Waals surface area contributed by atoms with Crippen molar-refractivity contribution in [1.82, 2.24) is 16.0 Å². The van der Waals surface area contributed by atoms with Crippen LogP contribution in [-0.2, 0) is 0 Å². The van der Waals surface area contributed by atoms with Crippen LogP contribution >= 0.6 is 0 Å². The highest BCUT2D eigenvalue weighted by Crippen LogP contribution is 2.10. The third kappa shape index (κ3) is 6.59. The number of amides is 1. The molecule has 6 heteroatoms. The summed E-state index contributed by atoms with van der Waals surface area (Å²) in [5.74, 6) is 1.89. The number of nitrogens with one attached hydrogen (secondary N) is 3. The van der Waals surface area contributed by atoms with Gasteiger partial charge in [-0.15, -0.1) is 0 Å². The third-order valence-electron chi connectivity index (χ3n) is 3.64. The minimum absolute atomic E-state index is 0.104. The van der Waals surface area contributed by atoms with Gasteiger partial charge in [0, 0.05) is 31.7 Å². The molecule has 1 aromatic carbocycles. The topological polar surface area (TPSA) is 74.8 Å². The van der Waals surface area contributed by atoms with Gasteiger partial charge in [0.1, 0.15) is 5.75 Å². The van der Waals surface area contributed by atoms with E-state index in [-0.39, 0.29) is 5.91 Å². The molecule has 0 saturated heterocycles. The summed E-state index contributed by atoms with van der Waals surface area (Å²) in [7, 11) is 3.33. The molecule has 1 aromatic rings. The molecular formula is C17H28N4O2. The maximum atomic E-state index is 12.0. The Hall–Kier alpha value is -2.24. The van der Waals surface area contributed by atoms with Crippen LogP contribution in [0.4, 0.5) is 0 Å². The Morgan fingerprint density at radius 2 is 1.74 bits per heavy atom. The van der Waals surface area contributed by atoms with Crippen molar-refractivity contribution < 1.29 is 9.53 Å². The predicted octanol–water partition coefficient (Wildman–Crippen LogP) is 1.63. The first-order chi connectivity index (χ1) is 11.0. The Morgan fingerprint density at radius 3 is 2.26 bits per heavy atom. The number of ether oxygens (including phenoxy) is 1. The number of carbonyl (C=O) groups is 1. The Balaban J connectivity index is 2.33. The number of hydrogen-bond donors (Lipinski definition) is 3. The second-order valence-corrected chi connectivity index (χ2v) is 5.66. The summed E-state index contributed by atoms with van der Waals surface area (Å²) < 4.78 is 5.07. The van der Waals surface area contributed by atoms with Gasteiger partial charge in [-0.2, -0.15) is 0 Å². The number of nitrogens with zero attached hydrogens (tertiary/aromatic N) is 1. The van der Waals surface area contributed by atoms with Gasteiger partial charge < -0.3 is 20.7 Å². The van der Waals surface area contributed by atoms with E-state index in [9.17, 15) is 4.79 Å². The highest BCUT2D eigenvalue weighted by molar-refractivity contribution is 5.94. The Morgan fingerprint density at radius 1 is 1.13 bits per heavy atom. The molecule has 1 atom stereocenters. The smallest absolute Gasteiger partial charge is 0.251 e. The number of rotatable bonds is 7. The van der Waals surface area contributed by atoms with Crippen molar-refractivity contribution in [2.75, 3.05) is 27.2 Å². The first-order valence-corrected chi connectivity index (χ1v) is 7.87. The minimum atomic E-state index is -0.104. The highest BCUT2D eigenvalue weighted by Gasteiger charge is 2.09. The maximum Gasteiger partial charge on any atom is 0.251 e.